The van der Waals surface area contributed by atoms with Crippen molar-refractivity contribution in [2.45, 2.75) is 26.5 Å². The lowest BCUT2D eigenvalue weighted by atomic mass is 10.1. The molecular formula is C22H25NO3S. The molecule has 1 heterocycles. The summed E-state index contributed by atoms with van der Waals surface area (Å²) in [6.07, 6.45) is 1.07. The molecule has 4 nitrogen and oxygen atoms in total. The Hall–Kier alpha value is -2.21. The predicted octanol–water partition coefficient (Wildman–Crippen LogP) is 4.56. The third kappa shape index (κ3) is 5.39. The summed E-state index contributed by atoms with van der Waals surface area (Å²) in [5, 5.41) is 4.65. The number of hydrogen-bond donors (Lipinski definition) is 1. The van der Waals surface area contributed by atoms with Gasteiger partial charge in [0, 0.05) is 22.7 Å². The molecule has 5 heteroatoms. The van der Waals surface area contributed by atoms with Crippen molar-refractivity contribution in [1.82, 2.24) is 5.32 Å². The van der Waals surface area contributed by atoms with Gasteiger partial charge in [0.1, 0.15) is 0 Å². The zero-order valence-corrected chi connectivity index (χ0v) is 16.6. The molecule has 0 atom stereocenters. The average molecular weight is 384 g/mol. The minimum Gasteiger partial charge on any atom is -0.465 e. The predicted molar refractivity (Wildman–Crippen MR) is 110 cm³/mol. The van der Waals surface area contributed by atoms with Gasteiger partial charge in [0.2, 0.25) is 0 Å². The minimum absolute atomic E-state index is 0.310. The molecule has 3 rings (SSSR count). The van der Waals surface area contributed by atoms with Crippen molar-refractivity contribution in [2.24, 2.45) is 0 Å². The average Bonchev–Trinajstić information content (AvgIpc) is 3.12. The first kappa shape index (κ1) is 19.5. The van der Waals surface area contributed by atoms with Gasteiger partial charge >= 0.3 is 5.97 Å². The molecular weight excluding hydrogens is 358 g/mol. The highest BCUT2D eigenvalue weighted by molar-refractivity contribution is 7.19. The highest BCUT2D eigenvalue weighted by Crippen LogP contribution is 2.27. The van der Waals surface area contributed by atoms with Crippen LogP contribution in [0.4, 0.5) is 0 Å². The molecule has 0 spiro atoms. The summed E-state index contributed by atoms with van der Waals surface area (Å²) in [6, 6.07) is 16.3. The largest absolute Gasteiger partial charge is 0.465 e. The Balaban J connectivity index is 1.37. The van der Waals surface area contributed by atoms with Crippen LogP contribution in [0.5, 0.6) is 0 Å². The summed E-state index contributed by atoms with van der Waals surface area (Å²) < 4.78 is 11.8. The second kappa shape index (κ2) is 9.65. The SMILES string of the molecule is CCc1ccc2cc(COCCNCc3ccc(C(=O)OC)cc3)sc2c1. The van der Waals surface area contributed by atoms with Gasteiger partial charge in [-0.1, -0.05) is 31.2 Å². The monoisotopic (exact) mass is 383 g/mol. The topological polar surface area (TPSA) is 47.6 Å². The molecule has 0 aliphatic heterocycles. The van der Waals surface area contributed by atoms with Gasteiger partial charge in [-0.15, -0.1) is 11.3 Å². The zero-order chi connectivity index (χ0) is 19.1. The van der Waals surface area contributed by atoms with E-state index in [1.807, 2.05) is 23.5 Å². The Morgan fingerprint density at radius 3 is 2.59 bits per heavy atom. The van der Waals surface area contributed by atoms with E-state index in [1.54, 1.807) is 12.1 Å². The minimum atomic E-state index is -0.310. The fourth-order valence-electron chi connectivity index (χ4n) is 2.85. The van der Waals surface area contributed by atoms with E-state index in [9.17, 15) is 4.79 Å². The standard InChI is InChI=1S/C22H25NO3S/c1-3-16-4-9-19-13-20(27-21(19)12-16)15-26-11-10-23-14-17-5-7-18(8-6-17)22(24)25-2/h4-9,12-13,23H,3,10-11,14-15H2,1-2H3. The van der Waals surface area contributed by atoms with E-state index in [4.69, 9.17) is 9.47 Å². The van der Waals surface area contributed by atoms with Crippen molar-refractivity contribution in [3.8, 4) is 0 Å². The normalized spacial score (nSPS) is 11.0. The van der Waals surface area contributed by atoms with Crippen molar-refractivity contribution < 1.29 is 14.3 Å². The Bertz CT molecular complexity index is 886. The van der Waals surface area contributed by atoms with E-state index in [2.05, 4.69) is 36.5 Å². The Labute approximate surface area is 164 Å². The molecule has 0 saturated heterocycles. The third-order valence-corrected chi connectivity index (χ3v) is 5.49. The molecule has 27 heavy (non-hydrogen) atoms. The number of ether oxygens (including phenoxy) is 2. The first-order chi connectivity index (χ1) is 13.2. The van der Waals surface area contributed by atoms with Crippen LogP contribution in [0, 0.1) is 0 Å². The number of aryl methyl sites for hydroxylation is 1. The van der Waals surface area contributed by atoms with E-state index in [-0.39, 0.29) is 5.97 Å². The molecule has 1 aromatic heterocycles. The number of methoxy groups -OCH3 is 1. The van der Waals surface area contributed by atoms with Gasteiger partial charge in [-0.05, 0) is 47.2 Å². The number of hydrogen-bond acceptors (Lipinski definition) is 5. The van der Waals surface area contributed by atoms with Crippen molar-refractivity contribution in [3.63, 3.8) is 0 Å². The summed E-state index contributed by atoms with van der Waals surface area (Å²) in [6.45, 7) is 5.02. The molecule has 2 aromatic carbocycles. The molecule has 0 fully saturated rings. The molecule has 0 aliphatic rings. The van der Waals surface area contributed by atoms with Crippen LogP contribution < -0.4 is 5.32 Å². The van der Waals surface area contributed by atoms with Crippen LogP contribution in [-0.4, -0.2) is 26.2 Å². The molecule has 0 radical (unpaired) electrons. The summed E-state index contributed by atoms with van der Waals surface area (Å²) in [5.74, 6) is -0.310. The number of rotatable bonds is 9. The first-order valence-electron chi connectivity index (χ1n) is 9.16. The lowest BCUT2D eigenvalue weighted by Crippen LogP contribution is -2.19. The van der Waals surface area contributed by atoms with E-state index in [0.29, 0.717) is 18.8 Å². The fourth-order valence-corrected chi connectivity index (χ4v) is 3.91. The van der Waals surface area contributed by atoms with Gasteiger partial charge in [0.15, 0.2) is 0 Å². The molecule has 1 N–H and O–H groups in total. The van der Waals surface area contributed by atoms with E-state index in [1.165, 1.54) is 27.6 Å². The van der Waals surface area contributed by atoms with Crippen molar-refractivity contribution in [2.75, 3.05) is 20.3 Å². The van der Waals surface area contributed by atoms with E-state index in [0.717, 1.165) is 25.1 Å². The fraction of sp³-hybridized carbons (Fsp3) is 0.318. The molecule has 3 aromatic rings. The van der Waals surface area contributed by atoms with Crippen molar-refractivity contribution >= 4 is 27.4 Å². The van der Waals surface area contributed by atoms with Crippen LogP contribution in [0.2, 0.25) is 0 Å². The number of thiophene rings is 1. The van der Waals surface area contributed by atoms with Crippen molar-refractivity contribution in [1.29, 1.82) is 0 Å². The maximum Gasteiger partial charge on any atom is 0.337 e. The van der Waals surface area contributed by atoms with Crippen LogP contribution in [0.25, 0.3) is 10.1 Å². The van der Waals surface area contributed by atoms with Crippen LogP contribution >= 0.6 is 11.3 Å². The smallest absolute Gasteiger partial charge is 0.337 e. The van der Waals surface area contributed by atoms with E-state index >= 15 is 0 Å². The highest BCUT2D eigenvalue weighted by atomic mass is 32.1. The maximum absolute atomic E-state index is 11.4. The van der Waals surface area contributed by atoms with E-state index < -0.39 is 0 Å². The summed E-state index contributed by atoms with van der Waals surface area (Å²) in [7, 11) is 1.39. The molecule has 0 amide bonds. The Morgan fingerprint density at radius 2 is 1.85 bits per heavy atom. The number of carbonyl (C=O) groups is 1. The van der Waals surface area contributed by atoms with Crippen LogP contribution in [-0.2, 0) is 29.0 Å². The van der Waals surface area contributed by atoms with Crippen LogP contribution in [0.1, 0.15) is 33.3 Å². The van der Waals surface area contributed by atoms with Gasteiger partial charge in [0.25, 0.3) is 0 Å². The Kier molecular flexibility index (Phi) is 6.98. The number of fused-ring (bicyclic) bond motifs is 1. The maximum atomic E-state index is 11.4. The summed E-state index contributed by atoms with van der Waals surface area (Å²) >= 11 is 1.81. The van der Waals surface area contributed by atoms with Crippen LogP contribution in [0.3, 0.4) is 0 Å². The Morgan fingerprint density at radius 1 is 1.07 bits per heavy atom. The summed E-state index contributed by atoms with van der Waals surface area (Å²) in [4.78, 5) is 12.7. The lowest BCUT2D eigenvalue weighted by molar-refractivity contribution is 0.0600. The molecule has 0 unspecified atom stereocenters. The molecule has 0 saturated carbocycles. The number of carbonyl (C=O) groups excluding carboxylic acids is 1. The second-order valence-electron chi connectivity index (χ2n) is 6.36. The summed E-state index contributed by atoms with van der Waals surface area (Å²) in [5.41, 5.74) is 3.07. The van der Waals surface area contributed by atoms with Gasteiger partial charge in [-0.3, -0.25) is 0 Å². The molecule has 0 bridgehead atoms. The first-order valence-corrected chi connectivity index (χ1v) is 9.98. The number of nitrogens with one attached hydrogen (secondary N) is 1. The lowest BCUT2D eigenvalue weighted by Gasteiger charge is -2.06. The molecule has 0 aliphatic carbocycles. The highest BCUT2D eigenvalue weighted by Gasteiger charge is 2.05. The third-order valence-electron chi connectivity index (χ3n) is 4.42. The van der Waals surface area contributed by atoms with Gasteiger partial charge < -0.3 is 14.8 Å². The second-order valence-corrected chi connectivity index (χ2v) is 7.52. The van der Waals surface area contributed by atoms with Crippen LogP contribution in [0.15, 0.2) is 48.5 Å². The number of esters is 1. The van der Waals surface area contributed by atoms with Gasteiger partial charge in [-0.25, -0.2) is 4.79 Å². The molecule has 142 valence electrons. The van der Waals surface area contributed by atoms with Crippen molar-refractivity contribution in [3.05, 3.63) is 70.1 Å². The van der Waals surface area contributed by atoms with Gasteiger partial charge in [0.05, 0.1) is 25.9 Å². The quantitative estimate of drug-likeness (QED) is 0.435. The zero-order valence-electron chi connectivity index (χ0n) is 15.8. The van der Waals surface area contributed by atoms with Gasteiger partial charge in [-0.2, -0.15) is 0 Å². The number of benzene rings is 2.